The Morgan fingerprint density at radius 2 is 2.00 bits per heavy atom. The first-order valence-corrected chi connectivity index (χ1v) is 9.14. The highest BCUT2D eigenvalue weighted by atomic mass is 32.2. The quantitative estimate of drug-likeness (QED) is 0.663. The molecule has 0 aromatic rings. The summed E-state index contributed by atoms with van der Waals surface area (Å²) in [6, 6.07) is -0.299. The van der Waals surface area contributed by atoms with Crippen molar-refractivity contribution in [3.05, 3.63) is 12.2 Å². The van der Waals surface area contributed by atoms with Crippen molar-refractivity contribution in [3.8, 4) is 0 Å². The number of amides is 1. The SMILES string of the molecule is C/C=C/CC(=O)N1CCN(CCOC)[C@@H]2CS(=O)(=O)C[C@@H]21. The molecule has 0 saturated carbocycles. The maximum absolute atomic E-state index is 12.3. The molecular formula is C14H24N2O4S. The second kappa shape index (κ2) is 6.89. The van der Waals surface area contributed by atoms with E-state index in [4.69, 9.17) is 4.74 Å². The minimum absolute atomic E-state index is 0.0200. The van der Waals surface area contributed by atoms with Gasteiger partial charge in [0.2, 0.25) is 5.91 Å². The number of methoxy groups -OCH3 is 1. The maximum Gasteiger partial charge on any atom is 0.226 e. The first-order chi connectivity index (χ1) is 9.98. The zero-order valence-corrected chi connectivity index (χ0v) is 13.5. The number of sulfone groups is 1. The smallest absolute Gasteiger partial charge is 0.226 e. The third-order valence-corrected chi connectivity index (χ3v) is 5.92. The van der Waals surface area contributed by atoms with E-state index in [0.717, 1.165) is 0 Å². The first kappa shape index (κ1) is 16.5. The van der Waals surface area contributed by atoms with E-state index in [0.29, 0.717) is 32.7 Å². The number of carbonyl (C=O) groups excluding carboxylic acids is 1. The highest BCUT2D eigenvalue weighted by molar-refractivity contribution is 7.91. The lowest BCUT2D eigenvalue weighted by molar-refractivity contribution is -0.136. The topological polar surface area (TPSA) is 66.9 Å². The van der Waals surface area contributed by atoms with Gasteiger partial charge in [0.05, 0.1) is 24.2 Å². The van der Waals surface area contributed by atoms with Crippen LogP contribution in [0, 0.1) is 0 Å². The van der Waals surface area contributed by atoms with Crippen molar-refractivity contribution in [2.75, 3.05) is 44.9 Å². The van der Waals surface area contributed by atoms with Gasteiger partial charge in [0.1, 0.15) is 0 Å². The molecule has 0 radical (unpaired) electrons. The molecule has 21 heavy (non-hydrogen) atoms. The molecule has 2 aliphatic rings. The van der Waals surface area contributed by atoms with Gasteiger partial charge < -0.3 is 9.64 Å². The number of fused-ring (bicyclic) bond motifs is 1. The summed E-state index contributed by atoms with van der Waals surface area (Å²) >= 11 is 0. The third kappa shape index (κ3) is 3.84. The molecule has 6 nitrogen and oxygen atoms in total. The van der Waals surface area contributed by atoms with Crippen LogP contribution >= 0.6 is 0 Å². The zero-order valence-electron chi connectivity index (χ0n) is 12.7. The Bertz CT molecular complexity index is 503. The minimum atomic E-state index is -3.07. The number of hydrogen-bond donors (Lipinski definition) is 0. The highest BCUT2D eigenvalue weighted by Gasteiger charge is 2.47. The summed E-state index contributed by atoms with van der Waals surface area (Å²) in [6.45, 7) is 4.47. The fourth-order valence-corrected chi connectivity index (χ4v) is 5.17. The van der Waals surface area contributed by atoms with Gasteiger partial charge in [-0.3, -0.25) is 9.69 Å². The monoisotopic (exact) mass is 316 g/mol. The molecule has 2 rings (SSSR count). The summed E-state index contributed by atoms with van der Waals surface area (Å²) in [6.07, 6.45) is 4.01. The van der Waals surface area contributed by atoms with E-state index < -0.39 is 9.84 Å². The van der Waals surface area contributed by atoms with E-state index in [2.05, 4.69) is 4.90 Å². The lowest BCUT2D eigenvalue weighted by Crippen LogP contribution is -2.61. The van der Waals surface area contributed by atoms with Crippen LogP contribution in [0.5, 0.6) is 0 Å². The third-order valence-electron chi connectivity index (χ3n) is 4.22. The van der Waals surface area contributed by atoms with Gasteiger partial charge in [-0.05, 0) is 6.92 Å². The van der Waals surface area contributed by atoms with Crippen LogP contribution in [-0.4, -0.2) is 81.1 Å². The highest BCUT2D eigenvalue weighted by Crippen LogP contribution is 2.27. The van der Waals surface area contributed by atoms with Crippen LogP contribution in [0.3, 0.4) is 0 Å². The lowest BCUT2D eigenvalue weighted by atomic mass is 10.0. The van der Waals surface area contributed by atoms with Crippen LogP contribution in [0.25, 0.3) is 0 Å². The molecule has 2 atom stereocenters. The summed E-state index contributed by atoms with van der Waals surface area (Å²) in [5.74, 6) is 0.254. The van der Waals surface area contributed by atoms with Gasteiger partial charge >= 0.3 is 0 Å². The van der Waals surface area contributed by atoms with Crippen molar-refractivity contribution in [3.63, 3.8) is 0 Å². The summed E-state index contributed by atoms with van der Waals surface area (Å²) < 4.78 is 29.1. The van der Waals surface area contributed by atoms with Crippen molar-refractivity contribution in [2.45, 2.75) is 25.4 Å². The maximum atomic E-state index is 12.3. The van der Waals surface area contributed by atoms with Crippen LogP contribution < -0.4 is 0 Å². The number of ether oxygens (including phenoxy) is 1. The molecule has 0 N–H and O–H groups in total. The van der Waals surface area contributed by atoms with Crippen LogP contribution in [-0.2, 0) is 19.4 Å². The van der Waals surface area contributed by atoms with Gasteiger partial charge in [-0.1, -0.05) is 12.2 Å². The largest absolute Gasteiger partial charge is 0.383 e. The van der Waals surface area contributed by atoms with E-state index in [1.165, 1.54) is 0 Å². The molecule has 2 heterocycles. The summed E-state index contributed by atoms with van der Waals surface area (Å²) in [7, 11) is -1.43. The zero-order chi connectivity index (χ0) is 15.5. The molecule has 0 unspecified atom stereocenters. The lowest BCUT2D eigenvalue weighted by Gasteiger charge is -2.43. The van der Waals surface area contributed by atoms with Gasteiger partial charge in [-0.15, -0.1) is 0 Å². The standard InChI is InChI=1S/C14H24N2O4S/c1-3-4-5-14(17)16-7-6-15(8-9-20-2)12-10-21(18,19)11-13(12)16/h3-4,12-13H,5-11H2,1-2H3/b4-3+/t12-,13+/m1/s1. The average molecular weight is 316 g/mol. The molecule has 7 heteroatoms. The Labute approximate surface area is 126 Å². The average Bonchev–Trinajstić information content (AvgIpc) is 2.77. The molecule has 120 valence electrons. The van der Waals surface area contributed by atoms with Gasteiger partial charge in [0, 0.05) is 39.2 Å². The first-order valence-electron chi connectivity index (χ1n) is 7.32. The Kier molecular flexibility index (Phi) is 5.40. The molecule has 2 saturated heterocycles. The predicted octanol–water partition coefficient (Wildman–Crippen LogP) is -0.0912. The summed E-state index contributed by atoms with van der Waals surface area (Å²) in [4.78, 5) is 16.2. The van der Waals surface area contributed by atoms with Gasteiger partial charge in [0.25, 0.3) is 0 Å². The molecule has 1 amide bonds. The predicted molar refractivity (Wildman–Crippen MR) is 80.8 cm³/mol. The number of piperazine rings is 1. The number of nitrogens with zero attached hydrogens (tertiary/aromatic N) is 2. The van der Waals surface area contributed by atoms with Crippen LogP contribution in [0.15, 0.2) is 12.2 Å². The molecular weight excluding hydrogens is 292 g/mol. The molecule has 0 aromatic heterocycles. The second-order valence-electron chi connectivity index (χ2n) is 5.60. The fourth-order valence-electron chi connectivity index (χ4n) is 3.16. The van der Waals surface area contributed by atoms with Gasteiger partial charge in [-0.25, -0.2) is 8.42 Å². The van der Waals surface area contributed by atoms with Crippen molar-refractivity contribution in [2.24, 2.45) is 0 Å². The summed E-state index contributed by atoms with van der Waals surface area (Å²) in [5, 5.41) is 0. The molecule has 0 bridgehead atoms. The van der Waals surface area contributed by atoms with Crippen LogP contribution in [0.4, 0.5) is 0 Å². The van der Waals surface area contributed by atoms with Gasteiger partial charge in [0.15, 0.2) is 9.84 Å². The molecule has 0 spiro atoms. The Balaban J connectivity index is 2.12. The molecule has 0 aromatic carbocycles. The van der Waals surface area contributed by atoms with Gasteiger partial charge in [-0.2, -0.15) is 0 Å². The van der Waals surface area contributed by atoms with E-state index >= 15 is 0 Å². The second-order valence-corrected chi connectivity index (χ2v) is 7.75. The Morgan fingerprint density at radius 3 is 2.67 bits per heavy atom. The van der Waals surface area contributed by atoms with E-state index in [1.54, 1.807) is 12.0 Å². The van der Waals surface area contributed by atoms with Crippen molar-refractivity contribution >= 4 is 15.7 Å². The molecule has 0 aliphatic carbocycles. The van der Waals surface area contributed by atoms with Crippen LogP contribution in [0.2, 0.25) is 0 Å². The van der Waals surface area contributed by atoms with Crippen molar-refractivity contribution in [1.29, 1.82) is 0 Å². The molecule has 2 fully saturated rings. The van der Waals surface area contributed by atoms with E-state index in [1.807, 2.05) is 19.1 Å². The number of hydrogen-bond acceptors (Lipinski definition) is 5. The van der Waals surface area contributed by atoms with Crippen molar-refractivity contribution in [1.82, 2.24) is 9.80 Å². The Hall–Kier alpha value is -0.920. The number of rotatable bonds is 5. The number of carbonyl (C=O) groups is 1. The molecule has 2 aliphatic heterocycles. The van der Waals surface area contributed by atoms with E-state index in [9.17, 15) is 13.2 Å². The summed E-state index contributed by atoms with van der Waals surface area (Å²) in [5.41, 5.74) is 0. The van der Waals surface area contributed by atoms with Crippen molar-refractivity contribution < 1.29 is 17.9 Å². The Morgan fingerprint density at radius 1 is 1.29 bits per heavy atom. The number of allylic oxidation sites excluding steroid dienone is 1. The van der Waals surface area contributed by atoms with E-state index in [-0.39, 0.29) is 29.5 Å². The normalized spacial score (nSPS) is 29.0. The minimum Gasteiger partial charge on any atom is -0.383 e. The fraction of sp³-hybridized carbons (Fsp3) is 0.786. The van der Waals surface area contributed by atoms with Crippen LogP contribution in [0.1, 0.15) is 13.3 Å².